The van der Waals surface area contributed by atoms with Crippen molar-refractivity contribution in [1.29, 1.82) is 0 Å². The van der Waals surface area contributed by atoms with Gasteiger partial charge in [-0.25, -0.2) is 36.8 Å². The molecule has 8 rings (SSSR count). The summed E-state index contributed by atoms with van der Waals surface area (Å²) in [6.07, 6.45) is -3.01. The van der Waals surface area contributed by atoms with E-state index in [1.807, 2.05) is 0 Å². The number of aliphatic hydroxyl groups is 2. The van der Waals surface area contributed by atoms with Crippen molar-refractivity contribution in [1.82, 2.24) is 28.7 Å². The van der Waals surface area contributed by atoms with E-state index in [1.165, 1.54) is 24.3 Å². The average molecular weight is 981 g/mol. The normalized spacial score (nSPS) is 12.2. The zero-order valence-corrected chi connectivity index (χ0v) is 39.4. The molecule has 16 nitrogen and oxygen atoms in total. The number of alkyl halides is 6. The standard InChI is InChI=1S/C21H20F3N5O3S.C21H19F3N5O3S.Na/c2*1-33(31,32)28-15-6-3-13(4-7-15)18-12-26-20-19(25-9-2-10-30)27-16-11-14(21(22,23)24)5-8-17(16)29(18)20;/h3-8,11-12,28,30H,2,9-10H2,1H3,(H,25,27);3-8,11-12,30H,2,9-10H2,1H3,(H,25,27);/q;-1;+1. The molecular formula is C42H39F6N10NaO6S2. The van der Waals surface area contributed by atoms with E-state index >= 15 is 0 Å². The smallest absolute Gasteiger partial charge is 0.577 e. The van der Waals surface area contributed by atoms with E-state index in [0.717, 1.165) is 36.8 Å². The van der Waals surface area contributed by atoms with Crippen LogP contribution in [0.5, 0.6) is 0 Å². The third-order valence-corrected chi connectivity index (χ3v) is 10.8. The van der Waals surface area contributed by atoms with Crippen molar-refractivity contribution in [3.63, 3.8) is 0 Å². The van der Waals surface area contributed by atoms with E-state index in [-0.39, 0.29) is 71.1 Å². The summed E-state index contributed by atoms with van der Waals surface area (Å²) < 4.78 is 135. The maximum atomic E-state index is 13.3. The Kier molecular flexibility index (Phi) is 15.3. The molecule has 8 aromatic rings. The van der Waals surface area contributed by atoms with Gasteiger partial charge in [-0.2, -0.15) is 26.3 Å². The van der Waals surface area contributed by atoms with Crippen molar-refractivity contribution in [2.45, 2.75) is 25.2 Å². The molecule has 4 aromatic carbocycles. The number of sulfonamides is 2. The van der Waals surface area contributed by atoms with Crippen molar-refractivity contribution < 1.29 is 82.9 Å². The molecule has 0 amide bonds. The summed E-state index contributed by atoms with van der Waals surface area (Å²) in [6, 6.07) is 19.5. The summed E-state index contributed by atoms with van der Waals surface area (Å²) in [5, 5.41) is 24.1. The van der Waals surface area contributed by atoms with Crippen LogP contribution < -0.4 is 44.9 Å². The third-order valence-electron chi connectivity index (χ3n) is 9.67. The van der Waals surface area contributed by atoms with E-state index in [9.17, 15) is 43.2 Å². The first-order valence-electron chi connectivity index (χ1n) is 19.7. The summed E-state index contributed by atoms with van der Waals surface area (Å²) in [5.41, 5.74) is 3.39. The number of hydrogen-bond acceptors (Lipinski definition) is 12. The molecule has 0 radical (unpaired) electrons. The number of aromatic nitrogens is 6. The number of nitrogens with one attached hydrogen (secondary N) is 3. The maximum Gasteiger partial charge on any atom is 1.00 e. The number of benzene rings is 4. The molecule has 0 aliphatic carbocycles. The van der Waals surface area contributed by atoms with Gasteiger partial charge in [0.1, 0.15) is 0 Å². The molecule has 0 unspecified atom stereocenters. The van der Waals surface area contributed by atoms with E-state index in [1.54, 1.807) is 57.6 Å². The van der Waals surface area contributed by atoms with Crippen LogP contribution in [-0.4, -0.2) is 94.6 Å². The minimum absolute atomic E-state index is 0. The Balaban J connectivity index is 0.000000218. The van der Waals surface area contributed by atoms with E-state index in [2.05, 4.69) is 40.0 Å². The number of rotatable bonds is 14. The monoisotopic (exact) mass is 980 g/mol. The number of aliphatic hydroxyl groups excluding tert-OH is 2. The first kappa shape index (κ1) is 50.6. The molecule has 0 bridgehead atoms. The Morgan fingerprint density at radius 1 is 0.627 bits per heavy atom. The molecule has 0 aliphatic rings. The van der Waals surface area contributed by atoms with Gasteiger partial charge in [0.25, 0.3) is 0 Å². The molecule has 0 fully saturated rings. The topological polar surface area (TPSA) is 219 Å². The molecular weight excluding hydrogens is 942 g/mol. The largest absolute Gasteiger partial charge is 1.00 e. The number of nitrogens with zero attached hydrogens (tertiary/aromatic N) is 7. The minimum Gasteiger partial charge on any atom is -0.577 e. The maximum absolute atomic E-state index is 13.3. The van der Waals surface area contributed by atoms with Gasteiger partial charge in [-0.3, -0.25) is 13.5 Å². The van der Waals surface area contributed by atoms with E-state index < -0.39 is 43.5 Å². The second kappa shape index (κ2) is 20.2. The van der Waals surface area contributed by atoms with Gasteiger partial charge in [0.05, 0.1) is 73.3 Å². The third kappa shape index (κ3) is 12.0. The summed E-state index contributed by atoms with van der Waals surface area (Å²) in [4.78, 5) is 17.5. The Morgan fingerprint density at radius 3 is 1.42 bits per heavy atom. The number of imidazole rings is 2. The minimum atomic E-state index is -4.52. The number of anilines is 3. The first-order chi connectivity index (χ1) is 31.1. The predicted molar refractivity (Wildman–Crippen MR) is 239 cm³/mol. The van der Waals surface area contributed by atoms with E-state index in [4.69, 9.17) is 10.2 Å². The van der Waals surface area contributed by atoms with Gasteiger partial charge in [0, 0.05) is 49.4 Å². The Hall–Kier alpha value is -5.76. The Labute approximate surface area is 400 Å². The van der Waals surface area contributed by atoms with Crippen molar-refractivity contribution >= 4 is 76.4 Å². The summed E-state index contributed by atoms with van der Waals surface area (Å²) in [6.45, 7) is 0.605. The van der Waals surface area contributed by atoms with Crippen LogP contribution in [0.1, 0.15) is 24.0 Å². The van der Waals surface area contributed by atoms with Crippen LogP contribution in [0.2, 0.25) is 0 Å². The van der Waals surface area contributed by atoms with Crippen LogP contribution in [0.25, 0.3) is 60.6 Å². The quantitative estimate of drug-likeness (QED) is 0.0549. The van der Waals surface area contributed by atoms with Crippen molar-refractivity contribution in [2.75, 3.05) is 54.2 Å². The summed E-state index contributed by atoms with van der Waals surface area (Å²) in [7, 11) is -6.99. The van der Waals surface area contributed by atoms with Crippen molar-refractivity contribution in [3.8, 4) is 22.5 Å². The molecule has 4 heterocycles. The summed E-state index contributed by atoms with van der Waals surface area (Å²) in [5.74, 6) is 0.571. The molecule has 25 heteroatoms. The first-order valence-corrected chi connectivity index (χ1v) is 23.5. The molecule has 4 aromatic heterocycles. The zero-order chi connectivity index (χ0) is 47.6. The molecule has 0 spiro atoms. The predicted octanol–water partition coefficient (Wildman–Crippen LogP) is 5.07. The van der Waals surface area contributed by atoms with Gasteiger partial charge in [0.2, 0.25) is 10.0 Å². The number of hydrogen-bond donors (Lipinski definition) is 5. The fraction of sp³-hybridized carbons (Fsp3) is 0.238. The van der Waals surface area contributed by atoms with Gasteiger partial charge >= 0.3 is 41.9 Å². The van der Waals surface area contributed by atoms with E-state index in [0.29, 0.717) is 76.5 Å². The van der Waals surface area contributed by atoms with Crippen LogP contribution in [-0.2, 0) is 32.4 Å². The Bertz CT molecular complexity index is 3060. The van der Waals surface area contributed by atoms with Gasteiger partial charge in [0.15, 0.2) is 22.9 Å². The van der Waals surface area contributed by atoms with Crippen LogP contribution >= 0.6 is 0 Å². The summed E-state index contributed by atoms with van der Waals surface area (Å²) >= 11 is 0. The van der Waals surface area contributed by atoms with Gasteiger partial charge < -0.3 is 25.6 Å². The molecule has 0 saturated heterocycles. The Morgan fingerprint density at radius 2 is 1.04 bits per heavy atom. The van der Waals surface area contributed by atoms with Crippen molar-refractivity contribution in [3.05, 3.63) is 113 Å². The molecule has 0 saturated carbocycles. The van der Waals surface area contributed by atoms with Gasteiger partial charge in [-0.15, -0.1) is 5.69 Å². The second-order valence-corrected chi connectivity index (χ2v) is 18.2. The average Bonchev–Trinajstić information content (AvgIpc) is 3.89. The zero-order valence-electron chi connectivity index (χ0n) is 35.7. The second-order valence-electron chi connectivity index (χ2n) is 14.8. The van der Waals surface area contributed by atoms with Crippen molar-refractivity contribution in [2.24, 2.45) is 0 Å². The van der Waals surface area contributed by atoms with Crippen LogP contribution in [0.4, 0.5) is 49.4 Å². The molecule has 0 aliphatic heterocycles. The van der Waals surface area contributed by atoms with Gasteiger partial charge in [-0.1, -0.05) is 36.4 Å². The number of halogens is 6. The van der Waals surface area contributed by atoms with Crippen LogP contribution in [0, 0.1) is 0 Å². The molecule has 5 N–H and O–H groups in total. The van der Waals surface area contributed by atoms with Crippen LogP contribution in [0.3, 0.4) is 0 Å². The molecule has 0 atom stereocenters. The van der Waals surface area contributed by atoms with Gasteiger partial charge in [-0.05, 0) is 61.4 Å². The van der Waals surface area contributed by atoms with Crippen LogP contribution in [0.15, 0.2) is 97.3 Å². The molecule has 348 valence electrons. The molecule has 67 heavy (non-hydrogen) atoms. The SMILES string of the molecule is CS(=O)(=O)Nc1ccc(-c2cnc3c(NCCCO)nc4cc(C(F)(F)F)ccc4n23)cc1.CS(=O)(=O)[N-]c1ccc(-c2cnc3c(NCCCO)nc4cc(C(F)(F)F)ccc4n23)cc1.[Na+]. The fourth-order valence-corrected chi connectivity index (χ4v) is 7.92. The fourth-order valence-electron chi connectivity index (χ4n) is 6.85. The number of fused-ring (bicyclic) bond motifs is 6.